The zero-order valence-electron chi connectivity index (χ0n) is 19.1. The quantitative estimate of drug-likeness (QED) is 0.419. The van der Waals surface area contributed by atoms with Crippen molar-refractivity contribution in [1.82, 2.24) is 4.98 Å². The molecule has 1 saturated heterocycles. The minimum absolute atomic E-state index is 0.0964. The number of amides is 2. The normalized spacial score (nSPS) is 17.9. The van der Waals surface area contributed by atoms with Crippen LogP contribution in [0.1, 0.15) is 24.4 Å². The lowest BCUT2D eigenvalue weighted by molar-refractivity contribution is -0.125. The Kier molecular flexibility index (Phi) is 6.14. The number of piperidine rings is 1. The number of carbonyl (C=O) groups is 2. The van der Waals surface area contributed by atoms with Crippen molar-refractivity contribution in [1.29, 1.82) is 0 Å². The molecule has 2 heterocycles. The molecule has 0 aliphatic carbocycles. The van der Waals surface area contributed by atoms with E-state index in [1.165, 1.54) is 12.1 Å². The van der Waals surface area contributed by atoms with E-state index in [1.54, 1.807) is 54.6 Å². The highest BCUT2D eigenvalue weighted by atomic mass is 19.1. The Labute approximate surface area is 202 Å². The fourth-order valence-electron chi connectivity index (χ4n) is 4.63. The number of para-hydroxylation sites is 1. The second kappa shape index (κ2) is 9.54. The third-order valence-corrected chi connectivity index (χ3v) is 6.35. The number of halogens is 1. The number of aromatic nitrogens is 1. The van der Waals surface area contributed by atoms with E-state index in [4.69, 9.17) is 4.74 Å². The van der Waals surface area contributed by atoms with Crippen LogP contribution < -0.4 is 15.0 Å². The van der Waals surface area contributed by atoms with Crippen molar-refractivity contribution in [2.75, 3.05) is 17.3 Å². The summed E-state index contributed by atoms with van der Waals surface area (Å²) < 4.78 is 19.0. The fourth-order valence-corrected chi connectivity index (χ4v) is 4.63. The van der Waals surface area contributed by atoms with E-state index in [1.807, 2.05) is 30.3 Å². The zero-order chi connectivity index (χ0) is 24.4. The van der Waals surface area contributed by atoms with Crippen molar-refractivity contribution in [3.05, 3.63) is 96.4 Å². The summed E-state index contributed by atoms with van der Waals surface area (Å²) in [5.74, 6) is -0.583. The number of nitrogens with one attached hydrogen (secondary N) is 1. The Morgan fingerprint density at radius 1 is 1.06 bits per heavy atom. The van der Waals surface area contributed by atoms with Crippen molar-refractivity contribution < 1.29 is 18.7 Å². The molecule has 6 nitrogen and oxygen atoms in total. The molecule has 1 aromatic heterocycles. The minimum Gasteiger partial charge on any atom is -0.497 e. The predicted molar refractivity (Wildman–Crippen MR) is 133 cm³/mol. The highest BCUT2D eigenvalue weighted by molar-refractivity contribution is 6.00. The third kappa shape index (κ3) is 4.57. The Morgan fingerprint density at radius 3 is 2.54 bits per heavy atom. The summed E-state index contributed by atoms with van der Waals surface area (Å²) in [6.45, 7) is 0. The summed E-state index contributed by atoms with van der Waals surface area (Å²) >= 11 is 0. The number of methoxy groups -OCH3 is 1. The lowest BCUT2D eigenvalue weighted by atomic mass is 9.83. The molecule has 0 bridgehead atoms. The first kappa shape index (κ1) is 22.5. The maximum atomic E-state index is 13.7. The van der Waals surface area contributed by atoms with Crippen LogP contribution >= 0.6 is 0 Å². The second-order valence-electron chi connectivity index (χ2n) is 8.51. The van der Waals surface area contributed by atoms with Gasteiger partial charge in [0, 0.05) is 17.5 Å². The highest BCUT2D eigenvalue weighted by Gasteiger charge is 2.41. The number of ether oxygens (including phenoxy) is 1. The van der Waals surface area contributed by atoms with Gasteiger partial charge in [0.05, 0.1) is 36.5 Å². The lowest BCUT2D eigenvalue weighted by Gasteiger charge is -2.41. The van der Waals surface area contributed by atoms with Crippen LogP contribution in [0.15, 0.2) is 85.1 Å². The monoisotopic (exact) mass is 469 g/mol. The highest BCUT2D eigenvalue weighted by Crippen LogP contribution is 2.41. The summed E-state index contributed by atoms with van der Waals surface area (Å²) in [5.41, 5.74) is 2.75. The summed E-state index contributed by atoms with van der Waals surface area (Å²) in [5, 5.41) is 3.90. The van der Waals surface area contributed by atoms with E-state index in [0.717, 1.165) is 10.9 Å². The number of nitrogens with zero attached hydrogens (tertiary/aromatic N) is 2. The van der Waals surface area contributed by atoms with Gasteiger partial charge in [-0.05, 0) is 60.5 Å². The molecule has 3 aromatic carbocycles. The Balaban J connectivity index is 1.51. The van der Waals surface area contributed by atoms with Gasteiger partial charge < -0.3 is 15.0 Å². The molecule has 0 radical (unpaired) electrons. The van der Waals surface area contributed by atoms with Gasteiger partial charge in [0.1, 0.15) is 11.6 Å². The molecular formula is C28H24FN3O3. The van der Waals surface area contributed by atoms with Crippen molar-refractivity contribution in [3.63, 3.8) is 0 Å². The van der Waals surface area contributed by atoms with Gasteiger partial charge >= 0.3 is 0 Å². The van der Waals surface area contributed by atoms with Gasteiger partial charge in [0.2, 0.25) is 11.8 Å². The van der Waals surface area contributed by atoms with Gasteiger partial charge in [-0.3, -0.25) is 14.6 Å². The summed E-state index contributed by atoms with van der Waals surface area (Å²) in [7, 11) is 1.57. The molecule has 35 heavy (non-hydrogen) atoms. The maximum absolute atomic E-state index is 13.7. The molecule has 7 heteroatoms. The first-order chi connectivity index (χ1) is 17.0. The smallest absolute Gasteiger partial charge is 0.229 e. The molecule has 1 aliphatic heterocycles. The third-order valence-electron chi connectivity index (χ3n) is 6.35. The van der Waals surface area contributed by atoms with Gasteiger partial charge in [-0.15, -0.1) is 0 Å². The molecule has 4 aromatic rings. The predicted octanol–water partition coefficient (Wildman–Crippen LogP) is 5.51. The average Bonchev–Trinajstić information content (AvgIpc) is 2.89. The Bertz CT molecular complexity index is 1370. The van der Waals surface area contributed by atoms with Gasteiger partial charge in [-0.2, -0.15) is 0 Å². The molecule has 0 saturated carbocycles. The zero-order valence-corrected chi connectivity index (χ0v) is 19.1. The van der Waals surface area contributed by atoms with Crippen molar-refractivity contribution in [3.8, 4) is 5.75 Å². The van der Waals surface area contributed by atoms with Crippen LogP contribution in [0.5, 0.6) is 5.75 Å². The summed E-state index contributed by atoms with van der Waals surface area (Å²) in [6, 6.07) is 22.0. The Hall–Kier alpha value is -4.26. The fraction of sp³-hybridized carbons (Fsp3) is 0.179. The number of pyridine rings is 1. The Morgan fingerprint density at radius 2 is 1.80 bits per heavy atom. The molecule has 2 amide bonds. The second-order valence-corrected chi connectivity index (χ2v) is 8.51. The number of hydrogen-bond acceptors (Lipinski definition) is 4. The van der Waals surface area contributed by atoms with Crippen LogP contribution in [0.2, 0.25) is 0 Å². The lowest BCUT2D eigenvalue weighted by Crippen LogP contribution is -2.47. The standard InChI is InChI=1S/C28H24FN3O3/c1-35-23-12-10-22(11-13-23)32-26(33)15-14-24(27(32)18-6-8-20(29)9-7-18)28(34)31-21-16-19-4-2-3-5-25(19)30-17-21/h2-13,16-17,24,27H,14-15H2,1H3,(H,31,34). The molecule has 0 spiro atoms. The van der Waals surface area contributed by atoms with Crippen LogP contribution in [-0.4, -0.2) is 23.9 Å². The molecule has 2 atom stereocenters. The number of benzene rings is 3. The summed E-state index contributed by atoms with van der Waals surface area (Å²) in [4.78, 5) is 32.8. The van der Waals surface area contributed by atoms with Crippen molar-refractivity contribution in [2.24, 2.45) is 5.92 Å². The van der Waals surface area contributed by atoms with Crippen molar-refractivity contribution in [2.45, 2.75) is 18.9 Å². The molecule has 1 aliphatic rings. The van der Waals surface area contributed by atoms with Gasteiger partial charge in [0.25, 0.3) is 0 Å². The van der Waals surface area contributed by atoms with E-state index < -0.39 is 12.0 Å². The number of fused-ring (bicyclic) bond motifs is 1. The molecule has 1 N–H and O–H groups in total. The molecular weight excluding hydrogens is 445 g/mol. The number of rotatable bonds is 5. The van der Waals surface area contributed by atoms with E-state index in [0.29, 0.717) is 29.1 Å². The number of carbonyl (C=O) groups excluding carboxylic acids is 2. The van der Waals surface area contributed by atoms with Gasteiger partial charge in [-0.1, -0.05) is 30.3 Å². The molecule has 5 rings (SSSR count). The van der Waals surface area contributed by atoms with Crippen LogP contribution in [0.3, 0.4) is 0 Å². The average molecular weight is 470 g/mol. The topological polar surface area (TPSA) is 71.5 Å². The molecule has 2 unspecified atom stereocenters. The number of anilines is 2. The van der Waals surface area contributed by atoms with Gasteiger partial charge in [-0.25, -0.2) is 4.39 Å². The van der Waals surface area contributed by atoms with E-state index in [2.05, 4.69) is 10.3 Å². The SMILES string of the molecule is COc1ccc(N2C(=O)CCC(C(=O)Nc3cnc4ccccc4c3)C2c2ccc(F)cc2)cc1. The van der Waals surface area contributed by atoms with E-state index in [-0.39, 0.29) is 24.1 Å². The first-order valence-corrected chi connectivity index (χ1v) is 11.4. The number of hydrogen-bond donors (Lipinski definition) is 1. The van der Waals surface area contributed by atoms with Crippen LogP contribution in [0.25, 0.3) is 10.9 Å². The van der Waals surface area contributed by atoms with Crippen LogP contribution in [0, 0.1) is 11.7 Å². The van der Waals surface area contributed by atoms with Crippen molar-refractivity contribution >= 4 is 34.1 Å². The van der Waals surface area contributed by atoms with E-state index in [9.17, 15) is 14.0 Å². The molecule has 176 valence electrons. The minimum atomic E-state index is -0.598. The summed E-state index contributed by atoms with van der Waals surface area (Å²) in [6.07, 6.45) is 2.22. The maximum Gasteiger partial charge on any atom is 0.229 e. The van der Waals surface area contributed by atoms with E-state index >= 15 is 0 Å². The molecule has 1 fully saturated rings. The van der Waals surface area contributed by atoms with Gasteiger partial charge in [0.15, 0.2) is 0 Å². The first-order valence-electron chi connectivity index (χ1n) is 11.4. The van der Waals surface area contributed by atoms with Crippen LogP contribution in [-0.2, 0) is 9.59 Å². The largest absolute Gasteiger partial charge is 0.497 e. The van der Waals surface area contributed by atoms with Crippen LogP contribution in [0.4, 0.5) is 15.8 Å².